The molecule has 0 spiro atoms. The first-order valence-electron chi connectivity index (χ1n) is 10.9. The highest BCUT2D eigenvalue weighted by molar-refractivity contribution is 6.11. The second kappa shape index (κ2) is 8.50. The Morgan fingerprint density at radius 1 is 0.548 bits per heavy atom. The van der Waals surface area contributed by atoms with Gasteiger partial charge in [0.25, 0.3) is 0 Å². The van der Waals surface area contributed by atoms with E-state index in [1.807, 2.05) is 0 Å². The zero-order valence-corrected chi connectivity index (χ0v) is 17.7. The zero-order chi connectivity index (χ0) is 21.0. The molecule has 0 N–H and O–H groups in total. The maximum atomic E-state index is 3.30. The van der Waals surface area contributed by atoms with Crippen LogP contribution in [0.1, 0.15) is 30.0 Å². The molecule has 0 saturated carbocycles. The number of hydrogen-bond acceptors (Lipinski definition) is 0. The lowest BCUT2D eigenvalue weighted by Crippen LogP contribution is -1.84. The van der Waals surface area contributed by atoms with Crippen molar-refractivity contribution in [3.63, 3.8) is 0 Å². The minimum Gasteiger partial charge on any atom is -0.0651 e. The second-order valence-electron chi connectivity index (χ2n) is 7.96. The Kier molecular flexibility index (Phi) is 5.26. The third-order valence-corrected chi connectivity index (χ3v) is 5.83. The Morgan fingerprint density at radius 2 is 1.23 bits per heavy atom. The summed E-state index contributed by atoms with van der Waals surface area (Å²) < 4.78 is 0. The molecule has 0 unspecified atom stereocenters. The van der Waals surface area contributed by atoms with Gasteiger partial charge >= 0.3 is 0 Å². The lowest BCUT2D eigenvalue weighted by Gasteiger charge is -2.10. The van der Waals surface area contributed by atoms with E-state index in [0.29, 0.717) is 0 Å². The fourth-order valence-corrected chi connectivity index (χ4v) is 4.21. The van der Waals surface area contributed by atoms with E-state index in [1.54, 1.807) is 0 Å². The van der Waals surface area contributed by atoms with Gasteiger partial charge in [-0.25, -0.2) is 0 Å². The molecule has 5 aromatic rings. The van der Waals surface area contributed by atoms with Crippen LogP contribution in [0.3, 0.4) is 0 Å². The molecular formula is C31H24. The highest BCUT2D eigenvalue weighted by Crippen LogP contribution is 2.33. The standard InChI is InChI=1S/C31H24/c1-2-6-23-11-13-24(14-12-23)15-16-25-17-19-27(20-18-25)29-9-5-10-30-28-8-4-3-7-26(28)21-22-31(29)30/h3-5,7-14,17-22H,2,6H2,1H3. The van der Waals surface area contributed by atoms with Gasteiger partial charge < -0.3 is 0 Å². The van der Waals surface area contributed by atoms with Crippen LogP contribution in [-0.2, 0) is 6.42 Å². The Labute approximate surface area is 184 Å². The number of fused-ring (bicyclic) bond motifs is 3. The van der Waals surface area contributed by atoms with Crippen molar-refractivity contribution in [3.05, 3.63) is 120 Å². The molecule has 148 valence electrons. The van der Waals surface area contributed by atoms with Crippen LogP contribution >= 0.6 is 0 Å². The fourth-order valence-electron chi connectivity index (χ4n) is 4.21. The number of rotatable bonds is 3. The van der Waals surface area contributed by atoms with Gasteiger partial charge in [0.15, 0.2) is 0 Å². The van der Waals surface area contributed by atoms with E-state index in [0.717, 1.165) is 17.5 Å². The number of benzene rings is 5. The van der Waals surface area contributed by atoms with Crippen LogP contribution in [0.4, 0.5) is 0 Å². The zero-order valence-electron chi connectivity index (χ0n) is 17.7. The van der Waals surface area contributed by atoms with E-state index in [-0.39, 0.29) is 0 Å². The third-order valence-electron chi connectivity index (χ3n) is 5.83. The van der Waals surface area contributed by atoms with Gasteiger partial charge in [-0.05, 0) is 68.9 Å². The summed E-state index contributed by atoms with van der Waals surface area (Å²) in [7, 11) is 0. The second-order valence-corrected chi connectivity index (χ2v) is 7.96. The molecule has 0 aliphatic rings. The molecule has 5 rings (SSSR count). The fraction of sp³-hybridized carbons (Fsp3) is 0.0968. The first-order chi connectivity index (χ1) is 15.3. The van der Waals surface area contributed by atoms with E-state index >= 15 is 0 Å². The first-order valence-corrected chi connectivity index (χ1v) is 10.9. The number of aryl methyl sites for hydroxylation is 1. The predicted molar refractivity (Wildman–Crippen MR) is 133 cm³/mol. The molecule has 0 atom stereocenters. The van der Waals surface area contributed by atoms with Gasteiger partial charge in [-0.1, -0.05) is 104 Å². The van der Waals surface area contributed by atoms with Crippen LogP contribution in [0.2, 0.25) is 0 Å². The van der Waals surface area contributed by atoms with E-state index in [2.05, 4.69) is 122 Å². The van der Waals surface area contributed by atoms with Gasteiger partial charge in [0, 0.05) is 11.1 Å². The van der Waals surface area contributed by atoms with Crippen molar-refractivity contribution in [2.45, 2.75) is 19.8 Å². The van der Waals surface area contributed by atoms with Crippen molar-refractivity contribution in [2.75, 3.05) is 0 Å². The monoisotopic (exact) mass is 396 g/mol. The minimum atomic E-state index is 1.03. The SMILES string of the molecule is CCCc1ccc(C#Cc2ccc(-c3cccc4c3ccc3ccccc34)cc2)cc1. The Hall–Kier alpha value is -3.82. The average molecular weight is 397 g/mol. The average Bonchev–Trinajstić information content (AvgIpc) is 2.84. The summed E-state index contributed by atoms with van der Waals surface area (Å²) in [5, 5.41) is 5.16. The van der Waals surface area contributed by atoms with Crippen LogP contribution in [0.25, 0.3) is 32.7 Å². The molecule has 0 radical (unpaired) electrons. The normalized spacial score (nSPS) is 10.7. The lowest BCUT2D eigenvalue weighted by molar-refractivity contribution is 0.922. The molecule has 0 fully saturated rings. The summed E-state index contributed by atoms with van der Waals surface area (Å²) >= 11 is 0. The van der Waals surface area contributed by atoms with Crippen molar-refractivity contribution in [1.29, 1.82) is 0 Å². The molecule has 0 aromatic heterocycles. The van der Waals surface area contributed by atoms with E-state index in [9.17, 15) is 0 Å². The maximum Gasteiger partial charge on any atom is 0.0249 e. The van der Waals surface area contributed by atoms with E-state index in [4.69, 9.17) is 0 Å². The largest absolute Gasteiger partial charge is 0.0651 e. The van der Waals surface area contributed by atoms with Crippen molar-refractivity contribution in [3.8, 4) is 23.0 Å². The van der Waals surface area contributed by atoms with Gasteiger partial charge in [0.05, 0.1) is 0 Å². The molecule has 0 bridgehead atoms. The summed E-state index contributed by atoms with van der Waals surface area (Å²) in [6.45, 7) is 2.21. The summed E-state index contributed by atoms with van der Waals surface area (Å²) in [4.78, 5) is 0. The van der Waals surface area contributed by atoms with Crippen molar-refractivity contribution in [1.82, 2.24) is 0 Å². The van der Waals surface area contributed by atoms with Crippen LogP contribution in [0, 0.1) is 11.8 Å². The smallest absolute Gasteiger partial charge is 0.0249 e. The summed E-state index contributed by atoms with van der Waals surface area (Å²) in [5.41, 5.74) is 5.95. The molecule has 31 heavy (non-hydrogen) atoms. The van der Waals surface area contributed by atoms with Gasteiger partial charge in [0.2, 0.25) is 0 Å². The molecule has 0 heterocycles. The van der Waals surface area contributed by atoms with Gasteiger partial charge in [-0.2, -0.15) is 0 Å². The van der Waals surface area contributed by atoms with Gasteiger partial charge in [0.1, 0.15) is 0 Å². The lowest BCUT2D eigenvalue weighted by atomic mass is 9.94. The maximum absolute atomic E-state index is 3.30. The molecule has 0 aliphatic carbocycles. The highest BCUT2D eigenvalue weighted by Gasteiger charge is 2.06. The Morgan fingerprint density at radius 3 is 1.97 bits per heavy atom. The molecule has 5 aromatic carbocycles. The highest BCUT2D eigenvalue weighted by atomic mass is 14.1. The quantitative estimate of drug-likeness (QED) is 0.214. The van der Waals surface area contributed by atoms with Crippen LogP contribution in [-0.4, -0.2) is 0 Å². The van der Waals surface area contributed by atoms with Crippen LogP contribution < -0.4 is 0 Å². The van der Waals surface area contributed by atoms with Crippen LogP contribution in [0.15, 0.2) is 103 Å². The predicted octanol–water partition coefficient (Wildman–Crippen LogP) is 8.01. The Bertz CT molecular complexity index is 1410. The molecule has 0 saturated heterocycles. The molecule has 0 heteroatoms. The van der Waals surface area contributed by atoms with Crippen molar-refractivity contribution >= 4 is 21.5 Å². The molecule has 0 nitrogen and oxygen atoms in total. The topological polar surface area (TPSA) is 0 Å². The molecule has 0 aliphatic heterocycles. The first kappa shape index (κ1) is 19.2. The van der Waals surface area contributed by atoms with Crippen LogP contribution in [0.5, 0.6) is 0 Å². The van der Waals surface area contributed by atoms with Crippen molar-refractivity contribution < 1.29 is 0 Å². The summed E-state index contributed by atoms with van der Waals surface area (Å²) in [6, 6.07) is 36.8. The summed E-state index contributed by atoms with van der Waals surface area (Å²) in [5.74, 6) is 6.59. The molecular weight excluding hydrogens is 372 g/mol. The summed E-state index contributed by atoms with van der Waals surface area (Å²) in [6.07, 6.45) is 2.30. The molecule has 0 amide bonds. The number of hydrogen-bond donors (Lipinski definition) is 0. The minimum absolute atomic E-state index is 1.03. The van der Waals surface area contributed by atoms with Gasteiger partial charge in [-0.15, -0.1) is 0 Å². The van der Waals surface area contributed by atoms with Gasteiger partial charge in [-0.3, -0.25) is 0 Å². The van der Waals surface area contributed by atoms with E-state index < -0.39 is 0 Å². The third kappa shape index (κ3) is 3.96. The van der Waals surface area contributed by atoms with E-state index in [1.165, 1.54) is 44.7 Å². The Balaban J connectivity index is 1.45. The van der Waals surface area contributed by atoms with Crippen molar-refractivity contribution in [2.24, 2.45) is 0 Å².